The van der Waals surface area contributed by atoms with Gasteiger partial charge in [0.1, 0.15) is 4.90 Å². The van der Waals surface area contributed by atoms with Crippen molar-refractivity contribution in [1.29, 1.82) is 0 Å². The van der Waals surface area contributed by atoms with E-state index in [1.165, 1.54) is 0 Å². The van der Waals surface area contributed by atoms with Crippen molar-refractivity contribution in [3.63, 3.8) is 0 Å². The predicted molar refractivity (Wildman–Crippen MR) is 73.3 cm³/mol. The largest absolute Gasteiger partial charge is 0.363 e. The minimum absolute atomic E-state index is 0.304. The molecule has 0 radical (unpaired) electrons. The molecule has 2 heterocycles. The van der Waals surface area contributed by atoms with Gasteiger partial charge in [-0.25, -0.2) is 21.6 Å². The van der Waals surface area contributed by atoms with Gasteiger partial charge in [0.2, 0.25) is 10.0 Å². The number of hydrogen-bond acceptors (Lipinski definition) is 7. The number of sulfone groups is 1. The Hall–Kier alpha value is -1.30. The monoisotopic (exact) mass is 355 g/mol. The molecule has 21 heavy (non-hydrogen) atoms. The van der Waals surface area contributed by atoms with Gasteiger partial charge in [-0.2, -0.15) is 0 Å². The highest BCUT2D eigenvalue weighted by molar-refractivity contribution is 7.92. The van der Waals surface area contributed by atoms with Gasteiger partial charge in [0, 0.05) is 6.07 Å². The molecule has 1 aromatic heterocycles. The summed E-state index contributed by atoms with van der Waals surface area (Å²) in [6.07, 6.45) is 0.827. The molecule has 2 unspecified atom stereocenters. The first-order valence-corrected chi connectivity index (χ1v) is 9.32. The van der Waals surface area contributed by atoms with E-state index in [9.17, 15) is 26.9 Å². The van der Waals surface area contributed by atoms with Crippen LogP contribution >= 0.6 is 11.6 Å². The first kappa shape index (κ1) is 16.1. The van der Waals surface area contributed by atoms with Crippen LogP contribution in [0.15, 0.2) is 23.2 Å². The molecule has 0 bridgehead atoms. The van der Waals surface area contributed by atoms with Crippen molar-refractivity contribution in [2.24, 2.45) is 0 Å². The van der Waals surface area contributed by atoms with Crippen molar-refractivity contribution < 1.29 is 21.8 Å². The van der Waals surface area contributed by atoms with Crippen LogP contribution < -0.4 is 4.72 Å². The zero-order chi connectivity index (χ0) is 15.8. The molecule has 0 aromatic carbocycles. The summed E-state index contributed by atoms with van der Waals surface area (Å²) in [5.41, 5.74) is 0. The van der Waals surface area contributed by atoms with E-state index in [-0.39, 0.29) is 16.4 Å². The lowest BCUT2D eigenvalue weighted by Crippen LogP contribution is -2.40. The molecule has 1 aliphatic rings. The molecule has 0 saturated carbocycles. The molecule has 1 saturated heterocycles. The highest BCUT2D eigenvalue weighted by atomic mass is 35.5. The summed E-state index contributed by atoms with van der Waals surface area (Å²) in [6, 6.07) is 1.01. The molecule has 1 aromatic rings. The van der Waals surface area contributed by atoms with Crippen LogP contribution in [0.1, 0.15) is 0 Å². The Balaban J connectivity index is 2.21. The van der Waals surface area contributed by atoms with Gasteiger partial charge in [0.15, 0.2) is 16.0 Å². The topological polar surface area (TPSA) is 136 Å². The molecule has 0 aliphatic carbocycles. The molecule has 0 spiro atoms. The summed E-state index contributed by atoms with van der Waals surface area (Å²) in [7, 11) is -7.43. The van der Waals surface area contributed by atoms with E-state index >= 15 is 0 Å². The average molecular weight is 356 g/mol. The molecule has 2 atom stereocenters. The molecule has 9 nitrogen and oxygen atoms in total. The second kappa shape index (κ2) is 5.48. The van der Waals surface area contributed by atoms with Crippen molar-refractivity contribution in [1.82, 2.24) is 9.71 Å². The third-order valence-electron chi connectivity index (χ3n) is 2.81. The van der Waals surface area contributed by atoms with Gasteiger partial charge in [-0.3, -0.25) is 0 Å². The number of pyridine rings is 1. The zero-order valence-corrected chi connectivity index (χ0v) is 12.7. The maximum atomic E-state index is 12.1. The lowest BCUT2D eigenvalue weighted by Gasteiger charge is -2.13. The van der Waals surface area contributed by atoms with Gasteiger partial charge in [0.25, 0.3) is 0 Å². The molecule has 1 fully saturated rings. The van der Waals surface area contributed by atoms with Crippen molar-refractivity contribution in [2.75, 3.05) is 11.5 Å². The number of aromatic nitrogens is 1. The lowest BCUT2D eigenvalue weighted by atomic mass is 10.3. The van der Waals surface area contributed by atoms with E-state index in [1.807, 2.05) is 0 Å². The second-order valence-electron chi connectivity index (χ2n) is 4.43. The van der Waals surface area contributed by atoms with Gasteiger partial charge in [-0.1, -0.05) is 0 Å². The zero-order valence-electron chi connectivity index (χ0n) is 10.3. The summed E-state index contributed by atoms with van der Waals surface area (Å²) in [5.74, 6) is -1.19. The van der Waals surface area contributed by atoms with E-state index in [0.29, 0.717) is 0 Å². The van der Waals surface area contributed by atoms with Gasteiger partial charge >= 0.3 is 5.82 Å². The Kier molecular flexibility index (Phi) is 4.19. The maximum Gasteiger partial charge on any atom is 0.363 e. The molecule has 2 rings (SSSR count). The number of alkyl halides is 1. The Morgan fingerprint density at radius 2 is 2.05 bits per heavy atom. The standard InChI is InChI=1S/C9H10ClN3O6S2/c10-7-4-20(16,17)5-8(7)12-21(18,19)6-1-2-9(11-3-6)13(14)15/h1-3,7-8,12H,4-5H2. The third-order valence-corrected chi connectivity index (χ3v) is 6.66. The number of nitro groups is 1. The first-order valence-electron chi connectivity index (χ1n) is 5.58. The highest BCUT2D eigenvalue weighted by Crippen LogP contribution is 2.20. The lowest BCUT2D eigenvalue weighted by molar-refractivity contribution is -0.389. The van der Waals surface area contributed by atoms with Crippen LogP contribution in [0, 0.1) is 10.1 Å². The minimum Gasteiger partial charge on any atom is -0.358 e. The van der Waals surface area contributed by atoms with E-state index in [0.717, 1.165) is 18.3 Å². The summed E-state index contributed by atoms with van der Waals surface area (Å²) < 4.78 is 49.1. The predicted octanol–water partition coefficient (Wildman–Crippen LogP) is -0.327. The van der Waals surface area contributed by atoms with Crippen molar-refractivity contribution in [3.05, 3.63) is 28.4 Å². The normalized spacial score (nSPS) is 24.8. The molecule has 12 heteroatoms. The Labute approximate surface area is 125 Å². The Morgan fingerprint density at radius 1 is 1.38 bits per heavy atom. The van der Waals surface area contributed by atoms with Crippen LogP contribution in [0.3, 0.4) is 0 Å². The van der Waals surface area contributed by atoms with Crippen molar-refractivity contribution >= 4 is 37.3 Å². The fourth-order valence-electron chi connectivity index (χ4n) is 1.82. The van der Waals surface area contributed by atoms with Gasteiger partial charge in [-0.15, -0.1) is 11.6 Å². The number of hydrogen-bond donors (Lipinski definition) is 1. The van der Waals surface area contributed by atoms with Crippen LogP contribution in [0.4, 0.5) is 5.82 Å². The van der Waals surface area contributed by atoms with Crippen molar-refractivity contribution in [2.45, 2.75) is 16.3 Å². The van der Waals surface area contributed by atoms with Crippen LogP contribution in [-0.2, 0) is 19.9 Å². The Morgan fingerprint density at radius 3 is 2.48 bits per heavy atom. The molecular weight excluding hydrogens is 346 g/mol. The number of rotatable bonds is 4. The van der Waals surface area contributed by atoms with Gasteiger partial charge in [0.05, 0.1) is 22.9 Å². The van der Waals surface area contributed by atoms with Gasteiger partial charge < -0.3 is 10.1 Å². The fraction of sp³-hybridized carbons (Fsp3) is 0.444. The minimum atomic E-state index is -4.05. The van der Waals surface area contributed by atoms with Crippen LogP contribution in [0.25, 0.3) is 0 Å². The molecule has 116 valence electrons. The molecule has 1 N–H and O–H groups in total. The fourth-order valence-corrected chi connectivity index (χ4v) is 5.77. The summed E-state index contributed by atoms with van der Waals surface area (Å²) in [4.78, 5) is 12.8. The van der Waals surface area contributed by atoms with Crippen LogP contribution in [-0.4, -0.2) is 49.7 Å². The maximum absolute atomic E-state index is 12.1. The highest BCUT2D eigenvalue weighted by Gasteiger charge is 2.39. The van der Waals surface area contributed by atoms with E-state index in [4.69, 9.17) is 11.6 Å². The number of halogens is 1. The van der Waals surface area contributed by atoms with E-state index in [1.54, 1.807) is 0 Å². The quantitative estimate of drug-likeness (QED) is 0.443. The second-order valence-corrected chi connectivity index (χ2v) is 8.86. The molecule has 1 aliphatic heterocycles. The molecule has 0 amide bonds. The SMILES string of the molecule is O=[N+]([O-])c1ccc(S(=O)(=O)NC2CS(=O)(=O)CC2Cl)cn1. The van der Waals surface area contributed by atoms with Gasteiger partial charge in [-0.05, 0) is 16.0 Å². The van der Waals surface area contributed by atoms with E-state index < -0.39 is 42.0 Å². The van der Waals surface area contributed by atoms with E-state index in [2.05, 4.69) is 9.71 Å². The van der Waals surface area contributed by atoms with Crippen molar-refractivity contribution in [3.8, 4) is 0 Å². The number of nitrogens with one attached hydrogen (secondary N) is 1. The van der Waals surface area contributed by atoms with Crippen LogP contribution in [0.2, 0.25) is 0 Å². The summed E-state index contributed by atoms with van der Waals surface area (Å²) >= 11 is 5.81. The van der Waals surface area contributed by atoms with Crippen LogP contribution in [0.5, 0.6) is 0 Å². The number of nitrogens with zero attached hydrogens (tertiary/aromatic N) is 2. The third kappa shape index (κ3) is 3.67. The summed E-state index contributed by atoms with van der Waals surface area (Å²) in [5, 5.41) is 9.58. The first-order chi connectivity index (χ1) is 9.61. The Bertz CT molecular complexity index is 761. The summed E-state index contributed by atoms with van der Waals surface area (Å²) in [6.45, 7) is 0. The number of sulfonamides is 1. The smallest absolute Gasteiger partial charge is 0.358 e. The molecular formula is C9H10ClN3O6S2. The average Bonchev–Trinajstić information content (AvgIpc) is 2.61.